The van der Waals surface area contributed by atoms with E-state index in [2.05, 4.69) is 22.5 Å². The maximum atomic E-state index is 9.59. The van der Waals surface area contributed by atoms with Gasteiger partial charge in [0, 0.05) is 19.1 Å². The second-order valence-electron chi connectivity index (χ2n) is 6.28. The average molecular weight is 333 g/mol. The van der Waals surface area contributed by atoms with Crippen molar-refractivity contribution in [3.63, 3.8) is 0 Å². The van der Waals surface area contributed by atoms with E-state index in [0.717, 1.165) is 69.9 Å². The second kappa shape index (κ2) is 10.9. The standard InChI is InChI=1S/C19H31N3O2/c1-2-20-19(22-16-10-12-17(23)13-11-16)21-14-6-7-15-24-18-8-4-3-5-9-18/h3-5,8-9,16-17,23H,2,6-7,10-15H2,1H3,(H2,20,21,22). The molecule has 0 amide bonds. The van der Waals surface area contributed by atoms with Crippen molar-refractivity contribution in [3.05, 3.63) is 30.3 Å². The number of para-hydroxylation sites is 1. The van der Waals surface area contributed by atoms with Crippen LogP contribution >= 0.6 is 0 Å². The summed E-state index contributed by atoms with van der Waals surface area (Å²) in [5.41, 5.74) is 0. The monoisotopic (exact) mass is 333 g/mol. The molecule has 0 atom stereocenters. The molecule has 5 heteroatoms. The number of nitrogens with zero attached hydrogens (tertiary/aromatic N) is 1. The fraction of sp³-hybridized carbons (Fsp3) is 0.632. The number of nitrogens with one attached hydrogen (secondary N) is 2. The topological polar surface area (TPSA) is 65.9 Å². The van der Waals surface area contributed by atoms with Gasteiger partial charge in [-0.2, -0.15) is 0 Å². The highest BCUT2D eigenvalue weighted by Gasteiger charge is 2.19. The van der Waals surface area contributed by atoms with Crippen molar-refractivity contribution in [1.29, 1.82) is 0 Å². The van der Waals surface area contributed by atoms with Gasteiger partial charge in [0.1, 0.15) is 5.75 Å². The lowest BCUT2D eigenvalue weighted by atomic mass is 9.93. The molecule has 3 N–H and O–H groups in total. The number of unbranched alkanes of at least 4 members (excludes halogenated alkanes) is 1. The number of aliphatic hydroxyl groups is 1. The SMILES string of the molecule is CCNC(=NCCCCOc1ccccc1)NC1CCC(O)CC1. The number of ether oxygens (including phenoxy) is 1. The van der Waals surface area contributed by atoms with Gasteiger partial charge in [-0.05, 0) is 57.6 Å². The normalized spacial score (nSPS) is 21.3. The van der Waals surface area contributed by atoms with Gasteiger partial charge in [0.15, 0.2) is 5.96 Å². The van der Waals surface area contributed by atoms with Crippen molar-refractivity contribution >= 4 is 5.96 Å². The molecule has 0 unspecified atom stereocenters. The van der Waals surface area contributed by atoms with Crippen LogP contribution in [0.4, 0.5) is 0 Å². The Morgan fingerprint density at radius 2 is 1.92 bits per heavy atom. The van der Waals surface area contributed by atoms with E-state index in [9.17, 15) is 5.11 Å². The first-order chi connectivity index (χ1) is 11.8. The highest BCUT2D eigenvalue weighted by atomic mass is 16.5. The minimum absolute atomic E-state index is 0.118. The predicted octanol–water partition coefficient (Wildman–Crippen LogP) is 2.70. The summed E-state index contributed by atoms with van der Waals surface area (Å²) in [5, 5.41) is 16.4. The van der Waals surface area contributed by atoms with Crippen molar-refractivity contribution < 1.29 is 9.84 Å². The quantitative estimate of drug-likeness (QED) is 0.389. The summed E-state index contributed by atoms with van der Waals surface area (Å²) in [4.78, 5) is 4.65. The van der Waals surface area contributed by atoms with Gasteiger partial charge in [0.05, 0.1) is 12.7 Å². The highest BCUT2D eigenvalue weighted by Crippen LogP contribution is 2.18. The van der Waals surface area contributed by atoms with Crippen LogP contribution in [0.3, 0.4) is 0 Å². The summed E-state index contributed by atoms with van der Waals surface area (Å²) in [7, 11) is 0. The Morgan fingerprint density at radius 3 is 2.62 bits per heavy atom. The van der Waals surface area contributed by atoms with Gasteiger partial charge >= 0.3 is 0 Å². The third-order valence-corrected chi connectivity index (χ3v) is 4.22. The lowest BCUT2D eigenvalue weighted by molar-refractivity contribution is 0.120. The molecule has 2 rings (SSSR count). The molecular weight excluding hydrogens is 302 g/mol. The summed E-state index contributed by atoms with van der Waals surface area (Å²) in [6, 6.07) is 10.3. The zero-order valence-electron chi connectivity index (χ0n) is 14.7. The first-order valence-corrected chi connectivity index (χ1v) is 9.18. The Bertz CT molecular complexity index is 471. The molecule has 5 nitrogen and oxygen atoms in total. The average Bonchev–Trinajstić information content (AvgIpc) is 2.61. The third-order valence-electron chi connectivity index (χ3n) is 4.22. The van der Waals surface area contributed by atoms with Gasteiger partial charge in [0.2, 0.25) is 0 Å². The van der Waals surface area contributed by atoms with Crippen LogP contribution in [0.15, 0.2) is 35.3 Å². The highest BCUT2D eigenvalue weighted by molar-refractivity contribution is 5.80. The van der Waals surface area contributed by atoms with Crippen LogP contribution in [0.1, 0.15) is 45.4 Å². The molecule has 0 radical (unpaired) electrons. The number of hydrogen-bond donors (Lipinski definition) is 3. The second-order valence-corrected chi connectivity index (χ2v) is 6.28. The molecule has 0 spiro atoms. The minimum Gasteiger partial charge on any atom is -0.494 e. The van der Waals surface area contributed by atoms with Crippen molar-refractivity contribution in [1.82, 2.24) is 10.6 Å². The lowest BCUT2D eigenvalue weighted by Gasteiger charge is -2.27. The molecule has 1 aliphatic rings. The van der Waals surface area contributed by atoms with E-state index in [1.165, 1.54) is 0 Å². The Labute approximate surface area is 145 Å². The predicted molar refractivity (Wildman–Crippen MR) is 98.5 cm³/mol. The van der Waals surface area contributed by atoms with Gasteiger partial charge in [-0.15, -0.1) is 0 Å². The van der Waals surface area contributed by atoms with Gasteiger partial charge in [-0.1, -0.05) is 18.2 Å². The van der Waals surface area contributed by atoms with Crippen molar-refractivity contribution in [3.8, 4) is 5.75 Å². The van der Waals surface area contributed by atoms with E-state index in [4.69, 9.17) is 4.74 Å². The van der Waals surface area contributed by atoms with E-state index in [1.54, 1.807) is 0 Å². The molecule has 1 aromatic carbocycles. The van der Waals surface area contributed by atoms with Crippen LogP contribution in [-0.2, 0) is 0 Å². The number of aliphatic hydroxyl groups excluding tert-OH is 1. The largest absolute Gasteiger partial charge is 0.494 e. The minimum atomic E-state index is -0.118. The molecule has 1 fully saturated rings. The van der Waals surface area contributed by atoms with Gasteiger partial charge < -0.3 is 20.5 Å². The van der Waals surface area contributed by atoms with E-state index < -0.39 is 0 Å². The third kappa shape index (κ3) is 7.21. The molecular formula is C19H31N3O2. The summed E-state index contributed by atoms with van der Waals surface area (Å²) in [6.45, 7) is 4.46. The van der Waals surface area contributed by atoms with E-state index in [0.29, 0.717) is 6.04 Å². The molecule has 0 aliphatic heterocycles. The Morgan fingerprint density at radius 1 is 1.17 bits per heavy atom. The molecule has 0 heterocycles. The number of guanidine groups is 1. The van der Waals surface area contributed by atoms with E-state index in [-0.39, 0.29) is 6.10 Å². The molecule has 0 bridgehead atoms. The Hall–Kier alpha value is -1.75. The molecule has 1 saturated carbocycles. The molecule has 1 aromatic rings. The summed E-state index contributed by atoms with van der Waals surface area (Å²) in [6.07, 6.45) is 5.67. The molecule has 134 valence electrons. The Kier molecular flexibility index (Phi) is 8.46. The number of aliphatic imine (C=N–C) groups is 1. The molecule has 0 saturated heterocycles. The summed E-state index contributed by atoms with van der Waals surface area (Å²) >= 11 is 0. The summed E-state index contributed by atoms with van der Waals surface area (Å²) < 4.78 is 5.69. The van der Waals surface area contributed by atoms with Crippen LogP contribution < -0.4 is 15.4 Å². The smallest absolute Gasteiger partial charge is 0.191 e. The first kappa shape index (κ1) is 18.6. The molecule has 0 aromatic heterocycles. The lowest BCUT2D eigenvalue weighted by Crippen LogP contribution is -2.45. The number of rotatable bonds is 8. The van der Waals surface area contributed by atoms with E-state index >= 15 is 0 Å². The van der Waals surface area contributed by atoms with Gasteiger partial charge in [0.25, 0.3) is 0 Å². The fourth-order valence-electron chi connectivity index (χ4n) is 2.84. The van der Waals surface area contributed by atoms with Crippen molar-refractivity contribution in [2.24, 2.45) is 4.99 Å². The van der Waals surface area contributed by atoms with Crippen molar-refractivity contribution in [2.45, 2.75) is 57.6 Å². The molecule has 24 heavy (non-hydrogen) atoms. The first-order valence-electron chi connectivity index (χ1n) is 9.18. The fourth-order valence-corrected chi connectivity index (χ4v) is 2.84. The van der Waals surface area contributed by atoms with Crippen molar-refractivity contribution in [2.75, 3.05) is 19.7 Å². The zero-order valence-corrected chi connectivity index (χ0v) is 14.7. The summed E-state index contributed by atoms with van der Waals surface area (Å²) in [5.74, 6) is 1.82. The van der Waals surface area contributed by atoms with Crippen LogP contribution in [0.2, 0.25) is 0 Å². The molecule has 1 aliphatic carbocycles. The van der Waals surface area contributed by atoms with Gasteiger partial charge in [-0.3, -0.25) is 4.99 Å². The zero-order chi connectivity index (χ0) is 17.0. The maximum absolute atomic E-state index is 9.59. The maximum Gasteiger partial charge on any atom is 0.191 e. The van der Waals surface area contributed by atoms with Gasteiger partial charge in [-0.25, -0.2) is 0 Å². The van der Waals surface area contributed by atoms with Crippen LogP contribution in [0.25, 0.3) is 0 Å². The van der Waals surface area contributed by atoms with Crippen LogP contribution in [-0.4, -0.2) is 42.9 Å². The van der Waals surface area contributed by atoms with E-state index in [1.807, 2.05) is 30.3 Å². The van der Waals surface area contributed by atoms with Crippen LogP contribution in [0.5, 0.6) is 5.75 Å². The van der Waals surface area contributed by atoms with Crippen LogP contribution in [0, 0.1) is 0 Å². The Balaban J connectivity index is 1.63. The number of benzene rings is 1. The number of hydrogen-bond acceptors (Lipinski definition) is 3.